The molecule has 31 heavy (non-hydrogen) atoms. The summed E-state index contributed by atoms with van der Waals surface area (Å²) in [6, 6.07) is 12.2. The number of nitrogens with zero attached hydrogens (tertiary/aromatic N) is 1. The number of hydrogen-bond donors (Lipinski definition) is 2. The van der Waals surface area contributed by atoms with Crippen LogP contribution in [0.15, 0.2) is 47.4 Å². The average Bonchev–Trinajstić information content (AvgIpc) is 2.73. The van der Waals surface area contributed by atoms with Crippen LogP contribution in [0.5, 0.6) is 5.75 Å². The number of aryl methyl sites for hydroxylation is 1. The molecule has 0 saturated carbocycles. The Bertz CT molecular complexity index is 1010. The number of anilines is 2. The third-order valence-corrected chi connectivity index (χ3v) is 6.45. The largest absolute Gasteiger partial charge is 0.493 e. The third-order valence-electron chi connectivity index (χ3n) is 5.07. The minimum absolute atomic E-state index is 0.0265. The van der Waals surface area contributed by atoms with Crippen molar-refractivity contribution in [3.05, 3.63) is 48.0 Å². The van der Waals surface area contributed by atoms with E-state index in [1.54, 1.807) is 31.2 Å². The maximum absolute atomic E-state index is 12.8. The van der Waals surface area contributed by atoms with Gasteiger partial charge in [-0.05, 0) is 68.3 Å². The zero-order chi connectivity index (χ0) is 22.4. The Labute approximate surface area is 182 Å². The lowest BCUT2D eigenvalue weighted by Crippen LogP contribution is -2.43. The maximum Gasteiger partial charge on any atom is 0.303 e. The van der Waals surface area contributed by atoms with Crippen molar-refractivity contribution in [2.45, 2.75) is 37.6 Å². The highest BCUT2D eigenvalue weighted by atomic mass is 32.2. The predicted molar refractivity (Wildman–Crippen MR) is 118 cm³/mol. The van der Waals surface area contributed by atoms with Gasteiger partial charge in [0.1, 0.15) is 5.75 Å². The molecule has 1 atom stereocenters. The molecule has 2 aromatic rings. The van der Waals surface area contributed by atoms with Crippen molar-refractivity contribution in [1.29, 1.82) is 0 Å². The Balaban J connectivity index is 1.64. The number of hydrogen-bond acceptors (Lipinski definition) is 6. The third kappa shape index (κ3) is 6.11. The Hall–Kier alpha value is -2.78. The summed E-state index contributed by atoms with van der Waals surface area (Å²) < 4.78 is 39.2. The van der Waals surface area contributed by atoms with Crippen molar-refractivity contribution in [2.24, 2.45) is 0 Å². The quantitative estimate of drug-likeness (QED) is 0.567. The number of carbonyl (C=O) groups is 1. The first-order valence-corrected chi connectivity index (χ1v) is 11.7. The normalized spacial score (nSPS) is 16.7. The summed E-state index contributed by atoms with van der Waals surface area (Å²) >= 11 is 0. The van der Waals surface area contributed by atoms with Gasteiger partial charge < -0.3 is 19.5 Å². The lowest BCUT2D eigenvalue weighted by atomic mass is 10.2. The zero-order valence-electron chi connectivity index (χ0n) is 17.7. The molecule has 8 nitrogen and oxygen atoms in total. The Morgan fingerprint density at radius 3 is 2.65 bits per heavy atom. The van der Waals surface area contributed by atoms with Gasteiger partial charge in [0, 0.05) is 30.4 Å². The minimum Gasteiger partial charge on any atom is -0.493 e. The van der Waals surface area contributed by atoms with E-state index in [9.17, 15) is 13.2 Å². The van der Waals surface area contributed by atoms with E-state index in [2.05, 4.69) is 16.5 Å². The SMILES string of the molecule is Cc1cc(S(=O)(=O)Nc2ccc(N3CCOCC3C)cc2)ccc1OCCCC(=O)O. The molecule has 1 saturated heterocycles. The van der Waals surface area contributed by atoms with Crippen molar-refractivity contribution in [2.75, 3.05) is 36.0 Å². The molecular formula is C22H28N2O6S. The summed E-state index contributed by atoms with van der Waals surface area (Å²) in [6.45, 7) is 6.26. The minimum atomic E-state index is -3.75. The fourth-order valence-corrected chi connectivity index (χ4v) is 4.55. The van der Waals surface area contributed by atoms with Crippen LogP contribution in [0.3, 0.4) is 0 Å². The standard InChI is InChI=1S/C22H28N2O6S/c1-16-14-20(9-10-21(16)30-12-3-4-22(25)26)31(27,28)23-18-5-7-19(8-6-18)24-11-13-29-15-17(24)2/h5-10,14,17,23H,3-4,11-13,15H2,1-2H3,(H,25,26). The van der Waals surface area contributed by atoms with Crippen molar-refractivity contribution in [3.63, 3.8) is 0 Å². The molecule has 1 heterocycles. The van der Waals surface area contributed by atoms with E-state index < -0.39 is 16.0 Å². The molecule has 0 aromatic heterocycles. The number of morpholine rings is 1. The summed E-state index contributed by atoms with van der Waals surface area (Å²) in [5.74, 6) is -0.339. The molecule has 0 spiro atoms. The number of carboxylic acid groups (broad SMARTS) is 1. The van der Waals surface area contributed by atoms with E-state index in [0.29, 0.717) is 36.6 Å². The maximum atomic E-state index is 12.8. The molecule has 9 heteroatoms. The van der Waals surface area contributed by atoms with E-state index in [0.717, 1.165) is 12.2 Å². The first kappa shape index (κ1) is 22.9. The van der Waals surface area contributed by atoms with Crippen LogP contribution in [-0.4, -0.2) is 51.9 Å². The second kappa shape index (κ2) is 10.0. The summed E-state index contributed by atoms with van der Waals surface area (Å²) in [6.07, 6.45) is 0.411. The molecule has 1 aliphatic heterocycles. The molecule has 0 bridgehead atoms. The van der Waals surface area contributed by atoms with E-state index in [4.69, 9.17) is 14.6 Å². The van der Waals surface area contributed by atoms with Crippen molar-refractivity contribution in [1.82, 2.24) is 0 Å². The zero-order valence-corrected chi connectivity index (χ0v) is 18.5. The first-order valence-electron chi connectivity index (χ1n) is 10.2. The Morgan fingerprint density at radius 1 is 1.26 bits per heavy atom. The molecule has 3 rings (SSSR count). The monoisotopic (exact) mass is 448 g/mol. The highest BCUT2D eigenvalue weighted by molar-refractivity contribution is 7.92. The Morgan fingerprint density at radius 2 is 2.00 bits per heavy atom. The molecule has 168 valence electrons. The smallest absolute Gasteiger partial charge is 0.303 e. The van der Waals surface area contributed by atoms with Crippen LogP contribution in [0.2, 0.25) is 0 Å². The number of benzene rings is 2. The van der Waals surface area contributed by atoms with E-state index in [1.165, 1.54) is 6.07 Å². The molecule has 2 aromatic carbocycles. The summed E-state index contributed by atoms with van der Waals surface area (Å²) in [4.78, 5) is 12.9. The molecular weight excluding hydrogens is 420 g/mol. The van der Waals surface area contributed by atoms with Crippen LogP contribution in [0.4, 0.5) is 11.4 Å². The Kier molecular flexibility index (Phi) is 7.40. The number of nitrogens with one attached hydrogen (secondary N) is 1. The summed E-state index contributed by atoms with van der Waals surface area (Å²) in [5.41, 5.74) is 2.17. The fourth-order valence-electron chi connectivity index (χ4n) is 3.40. The van der Waals surface area contributed by atoms with Crippen LogP contribution in [-0.2, 0) is 19.6 Å². The van der Waals surface area contributed by atoms with E-state index in [1.807, 2.05) is 12.1 Å². The average molecular weight is 449 g/mol. The number of ether oxygens (including phenoxy) is 2. The number of carboxylic acids is 1. The van der Waals surface area contributed by atoms with Gasteiger partial charge in [0.15, 0.2) is 0 Å². The van der Waals surface area contributed by atoms with Crippen LogP contribution in [0.25, 0.3) is 0 Å². The number of sulfonamides is 1. The molecule has 0 aliphatic carbocycles. The van der Waals surface area contributed by atoms with E-state index in [-0.39, 0.29) is 24.0 Å². The van der Waals surface area contributed by atoms with E-state index >= 15 is 0 Å². The van der Waals surface area contributed by atoms with Gasteiger partial charge >= 0.3 is 5.97 Å². The lowest BCUT2D eigenvalue weighted by molar-refractivity contribution is -0.137. The molecule has 1 unspecified atom stereocenters. The lowest BCUT2D eigenvalue weighted by Gasteiger charge is -2.35. The first-order chi connectivity index (χ1) is 14.8. The molecule has 2 N–H and O–H groups in total. The van der Waals surface area contributed by atoms with Gasteiger partial charge in [0.2, 0.25) is 0 Å². The molecule has 1 aliphatic rings. The van der Waals surface area contributed by atoms with Gasteiger partial charge in [0.05, 0.1) is 24.7 Å². The highest BCUT2D eigenvalue weighted by Gasteiger charge is 2.20. The summed E-state index contributed by atoms with van der Waals surface area (Å²) in [7, 11) is -3.75. The topological polar surface area (TPSA) is 105 Å². The molecule has 0 amide bonds. The van der Waals surface area contributed by atoms with Crippen LogP contribution in [0, 0.1) is 6.92 Å². The second-order valence-electron chi connectivity index (χ2n) is 7.54. The fraction of sp³-hybridized carbons (Fsp3) is 0.409. The van der Waals surface area contributed by atoms with Crippen LogP contribution < -0.4 is 14.4 Å². The van der Waals surface area contributed by atoms with Crippen molar-refractivity contribution < 1.29 is 27.8 Å². The predicted octanol–water partition coefficient (Wildman–Crippen LogP) is 3.26. The van der Waals surface area contributed by atoms with Gasteiger partial charge in [0.25, 0.3) is 10.0 Å². The number of rotatable bonds is 9. The highest BCUT2D eigenvalue weighted by Crippen LogP contribution is 2.26. The van der Waals surface area contributed by atoms with Gasteiger partial charge in [-0.15, -0.1) is 0 Å². The van der Waals surface area contributed by atoms with Gasteiger partial charge in [-0.25, -0.2) is 8.42 Å². The van der Waals surface area contributed by atoms with Crippen LogP contribution in [0.1, 0.15) is 25.3 Å². The van der Waals surface area contributed by atoms with Gasteiger partial charge in [-0.1, -0.05) is 0 Å². The summed E-state index contributed by atoms with van der Waals surface area (Å²) in [5, 5.41) is 8.67. The van der Waals surface area contributed by atoms with Gasteiger partial charge in [-0.2, -0.15) is 0 Å². The van der Waals surface area contributed by atoms with Crippen molar-refractivity contribution >= 4 is 27.4 Å². The van der Waals surface area contributed by atoms with Crippen molar-refractivity contribution in [3.8, 4) is 5.75 Å². The molecule has 0 radical (unpaired) electrons. The molecule has 1 fully saturated rings. The number of aliphatic carboxylic acids is 1. The van der Waals surface area contributed by atoms with Gasteiger partial charge in [-0.3, -0.25) is 9.52 Å². The second-order valence-corrected chi connectivity index (χ2v) is 9.23. The van der Waals surface area contributed by atoms with Crippen LogP contribution >= 0.6 is 0 Å².